The minimum atomic E-state index is -0.0105. The van der Waals surface area contributed by atoms with Crippen LogP contribution < -0.4 is 5.32 Å². The average Bonchev–Trinajstić information content (AvgIpc) is 2.58. The topological polar surface area (TPSA) is 54.9 Å². The van der Waals surface area contributed by atoms with E-state index < -0.39 is 0 Å². The van der Waals surface area contributed by atoms with Gasteiger partial charge in [0.05, 0.1) is 12.2 Å². The van der Waals surface area contributed by atoms with E-state index in [1.54, 1.807) is 6.20 Å². The lowest BCUT2D eigenvalue weighted by molar-refractivity contribution is 0.0983. The van der Waals surface area contributed by atoms with Gasteiger partial charge in [0, 0.05) is 18.4 Å². The molecular formula is C22H31N3O. The molecular weight excluding hydrogens is 322 g/mol. The van der Waals surface area contributed by atoms with Crippen LogP contribution in [0.3, 0.4) is 0 Å². The van der Waals surface area contributed by atoms with Gasteiger partial charge in [-0.2, -0.15) is 0 Å². The van der Waals surface area contributed by atoms with Crippen molar-refractivity contribution in [3.63, 3.8) is 0 Å². The van der Waals surface area contributed by atoms with Gasteiger partial charge in [-0.25, -0.2) is 0 Å². The minimum absolute atomic E-state index is 0.00168. The van der Waals surface area contributed by atoms with E-state index in [0.29, 0.717) is 5.69 Å². The van der Waals surface area contributed by atoms with Crippen molar-refractivity contribution in [3.05, 3.63) is 59.2 Å². The molecule has 0 fully saturated rings. The summed E-state index contributed by atoms with van der Waals surface area (Å²) in [5, 5.41) is 3.25. The normalized spacial score (nSPS) is 13.5. The van der Waals surface area contributed by atoms with Crippen LogP contribution in [-0.4, -0.2) is 22.3 Å². The van der Waals surface area contributed by atoms with Gasteiger partial charge < -0.3 is 5.32 Å². The summed E-state index contributed by atoms with van der Waals surface area (Å²) in [5.41, 5.74) is 3.87. The van der Waals surface area contributed by atoms with Crippen molar-refractivity contribution >= 4 is 5.78 Å². The molecule has 2 aromatic rings. The van der Waals surface area contributed by atoms with Crippen molar-refractivity contribution in [2.45, 2.75) is 65.3 Å². The number of pyridine rings is 2. The molecule has 0 saturated heterocycles. The summed E-state index contributed by atoms with van der Waals surface area (Å²) in [7, 11) is 0. The SMILES string of the molecule is CC(NCC(=O)c1ccc(C(C)(C)C)cn1)c1ccc(C(C)(C)C)cn1. The molecule has 1 unspecified atom stereocenters. The van der Waals surface area contributed by atoms with E-state index in [1.165, 1.54) is 5.56 Å². The summed E-state index contributed by atoms with van der Waals surface area (Å²) < 4.78 is 0. The predicted molar refractivity (Wildman–Crippen MR) is 107 cm³/mol. The quantitative estimate of drug-likeness (QED) is 0.798. The van der Waals surface area contributed by atoms with Crippen LogP contribution in [0.5, 0.6) is 0 Å². The van der Waals surface area contributed by atoms with Crippen molar-refractivity contribution in [2.75, 3.05) is 6.54 Å². The Morgan fingerprint density at radius 2 is 1.46 bits per heavy atom. The molecule has 0 radical (unpaired) electrons. The molecule has 0 aliphatic carbocycles. The maximum atomic E-state index is 12.4. The Labute approximate surface area is 157 Å². The first kappa shape index (κ1) is 20.2. The molecule has 0 aliphatic heterocycles. The Morgan fingerprint density at radius 1 is 0.923 bits per heavy atom. The summed E-state index contributed by atoms with van der Waals surface area (Å²) in [6.07, 6.45) is 3.71. The highest BCUT2D eigenvalue weighted by Gasteiger charge is 2.17. The molecule has 140 valence electrons. The third-order valence-electron chi connectivity index (χ3n) is 4.58. The molecule has 1 atom stereocenters. The fourth-order valence-electron chi connectivity index (χ4n) is 2.55. The number of hydrogen-bond donors (Lipinski definition) is 1. The van der Waals surface area contributed by atoms with Crippen LogP contribution in [-0.2, 0) is 10.8 Å². The average molecular weight is 354 g/mol. The smallest absolute Gasteiger partial charge is 0.194 e. The Balaban J connectivity index is 1.96. The number of carbonyl (C=O) groups is 1. The van der Waals surface area contributed by atoms with Crippen LogP contribution in [0.4, 0.5) is 0 Å². The van der Waals surface area contributed by atoms with Crippen LogP contribution in [0.15, 0.2) is 36.7 Å². The maximum absolute atomic E-state index is 12.4. The standard InChI is InChI=1S/C22H31N3O/c1-15(18-10-8-16(12-24-18)21(2,3)4)23-14-20(26)19-11-9-17(13-25-19)22(5,6)7/h8-13,15,23H,14H2,1-7H3. The van der Waals surface area contributed by atoms with E-state index in [9.17, 15) is 4.79 Å². The Kier molecular flexibility index (Phi) is 5.97. The van der Waals surface area contributed by atoms with Gasteiger partial charge in [-0.3, -0.25) is 14.8 Å². The predicted octanol–water partition coefficient (Wildman–Crippen LogP) is 4.61. The van der Waals surface area contributed by atoms with Gasteiger partial charge in [0.1, 0.15) is 5.69 Å². The monoisotopic (exact) mass is 353 g/mol. The molecule has 1 N–H and O–H groups in total. The van der Waals surface area contributed by atoms with E-state index in [4.69, 9.17) is 0 Å². The van der Waals surface area contributed by atoms with Gasteiger partial charge >= 0.3 is 0 Å². The van der Waals surface area contributed by atoms with E-state index in [2.05, 4.69) is 62.9 Å². The van der Waals surface area contributed by atoms with Gasteiger partial charge in [0.15, 0.2) is 5.78 Å². The lowest BCUT2D eigenvalue weighted by Crippen LogP contribution is -2.27. The van der Waals surface area contributed by atoms with E-state index in [-0.39, 0.29) is 29.2 Å². The van der Waals surface area contributed by atoms with Crippen molar-refractivity contribution in [2.24, 2.45) is 0 Å². The molecule has 2 rings (SSSR count). The summed E-state index contributed by atoms with van der Waals surface area (Å²) in [5.74, 6) is -0.0105. The van der Waals surface area contributed by atoms with Crippen LogP contribution in [0, 0.1) is 0 Å². The van der Waals surface area contributed by atoms with Gasteiger partial charge in [-0.15, -0.1) is 0 Å². The number of carbonyl (C=O) groups excluding carboxylic acids is 1. The fourth-order valence-corrected chi connectivity index (χ4v) is 2.55. The lowest BCUT2D eigenvalue weighted by atomic mass is 9.88. The summed E-state index contributed by atoms with van der Waals surface area (Å²) in [6, 6.07) is 7.93. The van der Waals surface area contributed by atoms with Crippen LogP contribution in [0.2, 0.25) is 0 Å². The first-order chi connectivity index (χ1) is 12.0. The number of hydrogen-bond acceptors (Lipinski definition) is 4. The van der Waals surface area contributed by atoms with E-state index in [0.717, 1.165) is 11.3 Å². The molecule has 0 saturated carbocycles. The number of nitrogens with zero attached hydrogens (tertiary/aromatic N) is 2. The summed E-state index contributed by atoms with van der Waals surface area (Å²) >= 11 is 0. The highest BCUT2D eigenvalue weighted by Crippen LogP contribution is 2.23. The zero-order valence-electron chi connectivity index (χ0n) is 17.1. The third kappa shape index (κ3) is 5.21. The van der Waals surface area contributed by atoms with Gasteiger partial charge in [0.25, 0.3) is 0 Å². The minimum Gasteiger partial charge on any atom is -0.302 e. The second-order valence-corrected chi connectivity index (χ2v) is 8.93. The number of ketones is 1. The zero-order chi connectivity index (χ0) is 19.5. The highest BCUT2D eigenvalue weighted by atomic mass is 16.1. The van der Waals surface area contributed by atoms with Crippen LogP contribution in [0.25, 0.3) is 0 Å². The number of rotatable bonds is 5. The van der Waals surface area contributed by atoms with E-state index >= 15 is 0 Å². The molecule has 2 aromatic heterocycles. The van der Waals surface area contributed by atoms with Gasteiger partial charge in [-0.1, -0.05) is 53.7 Å². The maximum Gasteiger partial charge on any atom is 0.194 e. The van der Waals surface area contributed by atoms with E-state index in [1.807, 2.05) is 31.3 Å². The Morgan fingerprint density at radius 3 is 1.88 bits per heavy atom. The molecule has 0 amide bonds. The Bertz CT molecular complexity index is 735. The van der Waals surface area contributed by atoms with Crippen LogP contribution in [0.1, 0.15) is 81.8 Å². The first-order valence-electron chi connectivity index (χ1n) is 9.18. The second-order valence-electron chi connectivity index (χ2n) is 8.93. The molecule has 0 bridgehead atoms. The number of Topliss-reactive ketones (excluding diaryl/α,β-unsaturated/α-hetero) is 1. The summed E-state index contributed by atoms with van der Waals surface area (Å²) in [6.45, 7) is 15.2. The molecule has 0 aromatic carbocycles. The molecule has 0 spiro atoms. The first-order valence-corrected chi connectivity index (χ1v) is 9.18. The van der Waals surface area contributed by atoms with Crippen molar-refractivity contribution in [1.29, 1.82) is 0 Å². The third-order valence-corrected chi connectivity index (χ3v) is 4.58. The molecule has 2 heterocycles. The van der Waals surface area contributed by atoms with Gasteiger partial charge in [0.2, 0.25) is 0 Å². The van der Waals surface area contributed by atoms with Crippen LogP contribution >= 0.6 is 0 Å². The number of aromatic nitrogens is 2. The summed E-state index contributed by atoms with van der Waals surface area (Å²) in [4.78, 5) is 21.3. The largest absolute Gasteiger partial charge is 0.302 e. The highest BCUT2D eigenvalue weighted by molar-refractivity contribution is 5.95. The molecule has 0 aliphatic rings. The second kappa shape index (κ2) is 7.67. The van der Waals surface area contributed by atoms with Crippen molar-refractivity contribution < 1.29 is 4.79 Å². The molecule has 26 heavy (non-hydrogen) atoms. The zero-order valence-corrected chi connectivity index (χ0v) is 17.1. The number of nitrogens with one attached hydrogen (secondary N) is 1. The van der Waals surface area contributed by atoms with Crippen molar-refractivity contribution in [3.8, 4) is 0 Å². The lowest BCUT2D eigenvalue weighted by Gasteiger charge is -2.20. The fraction of sp³-hybridized carbons (Fsp3) is 0.500. The Hall–Kier alpha value is -2.07. The molecule has 4 nitrogen and oxygen atoms in total. The van der Waals surface area contributed by atoms with Gasteiger partial charge in [-0.05, 0) is 41.0 Å². The molecule has 4 heteroatoms. The van der Waals surface area contributed by atoms with Crippen molar-refractivity contribution in [1.82, 2.24) is 15.3 Å².